The summed E-state index contributed by atoms with van der Waals surface area (Å²) >= 11 is 0. The van der Waals surface area contributed by atoms with Crippen molar-refractivity contribution in [3.05, 3.63) is 54.1 Å². The van der Waals surface area contributed by atoms with Gasteiger partial charge in [-0.05, 0) is 55.2 Å². The molecule has 3 heterocycles. The Kier molecular flexibility index (Phi) is 4.86. The van der Waals surface area contributed by atoms with E-state index in [1.54, 1.807) is 21.9 Å². The lowest BCUT2D eigenvalue weighted by Gasteiger charge is -2.40. The first kappa shape index (κ1) is 20.2. The lowest BCUT2D eigenvalue weighted by atomic mass is 9.73. The molecule has 2 amide bonds. The molecule has 162 valence electrons. The highest BCUT2D eigenvalue weighted by Gasteiger charge is 2.52. The van der Waals surface area contributed by atoms with Gasteiger partial charge in [0, 0.05) is 38.1 Å². The van der Waals surface area contributed by atoms with Gasteiger partial charge in [-0.2, -0.15) is 0 Å². The third-order valence-electron chi connectivity index (χ3n) is 7.14. The largest absolute Gasteiger partial charge is 0.314 e. The second kappa shape index (κ2) is 7.46. The quantitative estimate of drug-likeness (QED) is 0.738. The Hall–Kier alpha value is -2.71. The predicted molar refractivity (Wildman–Crippen MR) is 118 cm³/mol. The van der Waals surface area contributed by atoms with Crippen molar-refractivity contribution in [1.29, 1.82) is 0 Å². The van der Waals surface area contributed by atoms with Crippen LogP contribution in [0.5, 0.6) is 0 Å². The Morgan fingerprint density at radius 1 is 0.935 bits per heavy atom. The minimum absolute atomic E-state index is 0.0467. The summed E-state index contributed by atoms with van der Waals surface area (Å²) in [5.74, 6) is 0.204. The zero-order chi connectivity index (χ0) is 21.8. The first-order valence-electron chi connectivity index (χ1n) is 10.6. The van der Waals surface area contributed by atoms with E-state index in [9.17, 15) is 18.0 Å². The van der Waals surface area contributed by atoms with Gasteiger partial charge in [0.05, 0.1) is 16.4 Å². The highest BCUT2D eigenvalue weighted by Crippen LogP contribution is 2.47. The number of para-hydroxylation sites is 1. The smallest absolute Gasteiger partial charge is 0.244 e. The molecule has 3 aliphatic rings. The number of amides is 2. The fourth-order valence-electron chi connectivity index (χ4n) is 5.43. The van der Waals surface area contributed by atoms with E-state index in [1.165, 1.54) is 12.1 Å². The summed E-state index contributed by atoms with van der Waals surface area (Å²) in [4.78, 5) is 32.2. The Morgan fingerprint density at radius 3 is 2.29 bits per heavy atom. The Balaban J connectivity index is 1.31. The van der Waals surface area contributed by atoms with Gasteiger partial charge in [0.25, 0.3) is 0 Å². The van der Waals surface area contributed by atoms with E-state index in [1.807, 2.05) is 25.2 Å². The molecule has 1 spiro atoms. The van der Waals surface area contributed by atoms with Crippen LogP contribution in [-0.4, -0.2) is 57.9 Å². The summed E-state index contributed by atoms with van der Waals surface area (Å²) in [5, 5.41) is 0. The van der Waals surface area contributed by atoms with Gasteiger partial charge in [-0.1, -0.05) is 18.2 Å². The van der Waals surface area contributed by atoms with Crippen molar-refractivity contribution in [3.63, 3.8) is 0 Å². The van der Waals surface area contributed by atoms with E-state index in [-0.39, 0.29) is 22.8 Å². The number of likely N-dealkylation sites (tertiary alicyclic amines) is 1. The van der Waals surface area contributed by atoms with Crippen LogP contribution in [-0.2, 0) is 25.7 Å². The minimum atomic E-state index is -2.63. The van der Waals surface area contributed by atoms with Crippen LogP contribution in [0.25, 0.3) is 0 Å². The van der Waals surface area contributed by atoms with Gasteiger partial charge in [-0.15, -0.1) is 0 Å². The van der Waals surface area contributed by atoms with Crippen LogP contribution in [0.4, 0.5) is 11.4 Å². The topological polar surface area (TPSA) is 78.0 Å². The number of hydrogen-bond acceptors (Lipinski definition) is 5. The van der Waals surface area contributed by atoms with Crippen molar-refractivity contribution in [2.24, 2.45) is 0 Å². The highest BCUT2D eigenvalue weighted by atomic mass is 32.2. The lowest BCUT2D eigenvalue weighted by molar-refractivity contribution is -0.126. The van der Waals surface area contributed by atoms with E-state index in [4.69, 9.17) is 0 Å². The number of benzene rings is 2. The van der Waals surface area contributed by atoms with Crippen molar-refractivity contribution in [1.82, 2.24) is 4.90 Å². The van der Waals surface area contributed by atoms with Crippen LogP contribution in [0.15, 0.2) is 53.4 Å². The third kappa shape index (κ3) is 3.08. The SMILES string of the molecule is CN1C(=O)C2(CCN([C@H]3CCN(c4ccc([SH](=O)=O)cc4)C3=O)CC2)c2ccccc21. The zero-order valence-corrected chi connectivity index (χ0v) is 18.3. The van der Waals surface area contributed by atoms with Crippen LogP contribution >= 0.6 is 0 Å². The molecule has 2 aromatic carbocycles. The number of rotatable bonds is 3. The molecule has 0 N–H and O–H groups in total. The summed E-state index contributed by atoms with van der Waals surface area (Å²) < 4.78 is 22.2. The monoisotopic (exact) mass is 439 g/mol. The molecule has 3 aliphatic heterocycles. The van der Waals surface area contributed by atoms with Gasteiger partial charge in [0.1, 0.15) is 0 Å². The predicted octanol–water partition coefficient (Wildman–Crippen LogP) is 1.77. The lowest BCUT2D eigenvalue weighted by Crippen LogP contribution is -2.52. The molecule has 2 saturated heterocycles. The van der Waals surface area contributed by atoms with Gasteiger partial charge in [0.15, 0.2) is 10.7 Å². The third-order valence-corrected chi connectivity index (χ3v) is 7.86. The van der Waals surface area contributed by atoms with Crippen molar-refractivity contribution < 1.29 is 18.0 Å². The van der Waals surface area contributed by atoms with Gasteiger partial charge in [-0.25, -0.2) is 8.42 Å². The average Bonchev–Trinajstić information content (AvgIpc) is 3.27. The van der Waals surface area contributed by atoms with Crippen molar-refractivity contribution in [3.8, 4) is 0 Å². The van der Waals surface area contributed by atoms with E-state index < -0.39 is 16.1 Å². The van der Waals surface area contributed by atoms with E-state index in [2.05, 4.69) is 11.0 Å². The van der Waals surface area contributed by atoms with Crippen LogP contribution in [0.2, 0.25) is 0 Å². The van der Waals surface area contributed by atoms with E-state index in [0.29, 0.717) is 32.5 Å². The summed E-state index contributed by atoms with van der Waals surface area (Å²) in [6, 6.07) is 14.3. The Labute approximate surface area is 183 Å². The standard InChI is InChI=1S/C23H25N3O4S/c1-24-19-5-3-2-4-18(19)23(22(24)28)11-14-25(15-12-23)20-10-13-26(21(20)27)16-6-8-17(9-7-16)31(29)30/h2-9,20,31H,10-15H2,1H3/t20-/m0/s1. The number of fused-ring (bicyclic) bond motifs is 2. The number of hydrogen-bond donors (Lipinski definition) is 1. The van der Waals surface area contributed by atoms with Gasteiger partial charge < -0.3 is 9.80 Å². The summed E-state index contributed by atoms with van der Waals surface area (Å²) in [6.45, 7) is 2.01. The number of piperidine rings is 1. The number of carbonyl (C=O) groups excluding carboxylic acids is 2. The molecule has 0 bridgehead atoms. The molecule has 7 nitrogen and oxygen atoms in total. The fraction of sp³-hybridized carbons (Fsp3) is 0.391. The van der Waals surface area contributed by atoms with Gasteiger partial charge >= 0.3 is 0 Å². The van der Waals surface area contributed by atoms with Crippen molar-refractivity contribution in [2.75, 3.05) is 36.5 Å². The summed E-state index contributed by atoms with van der Waals surface area (Å²) in [7, 11) is -0.784. The van der Waals surface area contributed by atoms with E-state index >= 15 is 0 Å². The molecule has 0 saturated carbocycles. The molecule has 1 atom stereocenters. The molecule has 8 heteroatoms. The van der Waals surface area contributed by atoms with Crippen molar-refractivity contribution >= 4 is 33.9 Å². The van der Waals surface area contributed by atoms with Crippen LogP contribution < -0.4 is 9.80 Å². The number of nitrogens with zero attached hydrogens (tertiary/aromatic N) is 3. The van der Waals surface area contributed by atoms with E-state index in [0.717, 1.165) is 23.4 Å². The number of thiol groups is 1. The summed E-state index contributed by atoms with van der Waals surface area (Å²) in [6.07, 6.45) is 2.15. The molecule has 0 unspecified atom stereocenters. The summed E-state index contributed by atoms with van der Waals surface area (Å²) in [5.41, 5.74) is 2.35. The highest BCUT2D eigenvalue weighted by molar-refractivity contribution is 7.72. The second-order valence-electron chi connectivity index (χ2n) is 8.57. The zero-order valence-electron chi connectivity index (χ0n) is 17.4. The van der Waals surface area contributed by atoms with Crippen molar-refractivity contribution in [2.45, 2.75) is 35.6 Å². The molecule has 0 radical (unpaired) electrons. The molecule has 31 heavy (non-hydrogen) atoms. The molecular weight excluding hydrogens is 414 g/mol. The molecular formula is C23H25N3O4S. The maximum Gasteiger partial charge on any atom is 0.244 e. The van der Waals surface area contributed by atoms with Gasteiger partial charge in [0.2, 0.25) is 11.8 Å². The maximum absolute atomic E-state index is 13.1. The minimum Gasteiger partial charge on any atom is -0.314 e. The second-order valence-corrected chi connectivity index (χ2v) is 9.60. The Bertz CT molecular complexity index is 1110. The number of anilines is 2. The van der Waals surface area contributed by atoms with Crippen LogP contribution in [0, 0.1) is 0 Å². The average molecular weight is 440 g/mol. The molecule has 0 aromatic heterocycles. The molecule has 0 aliphatic carbocycles. The van der Waals surface area contributed by atoms with Crippen LogP contribution in [0.1, 0.15) is 24.8 Å². The maximum atomic E-state index is 13.1. The number of carbonyl (C=O) groups is 2. The Morgan fingerprint density at radius 2 is 1.61 bits per heavy atom. The normalized spacial score (nSPS) is 23.2. The fourth-order valence-corrected chi connectivity index (χ4v) is 5.82. The molecule has 5 rings (SSSR count). The number of likely N-dealkylation sites (N-methyl/N-ethyl adjacent to an activating group) is 1. The van der Waals surface area contributed by atoms with Crippen LogP contribution in [0.3, 0.4) is 0 Å². The molecule has 2 aromatic rings. The van der Waals surface area contributed by atoms with Gasteiger partial charge in [-0.3, -0.25) is 14.5 Å². The first-order chi connectivity index (χ1) is 14.9. The molecule has 2 fully saturated rings. The first-order valence-corrected chi connectivity index (χ1v) is 11.8.